The first-order valence-corrected chi connectivity index (χ1v) is 5.67. The molecule has 94 valence electrons. The first-order chi connectivity index (χ1) is 8.81. The average molecular weight is 246 g/mol. The van der Waals surface area contributed by atoms with Gasteiger partial charge in [0.05, 0.1) is 5.69 Å². The van der Waals surface area contributed by atoms with E-state index in [4.69, 9.17) is 5.11 Å². The number of nitrogens with zero attached hydrogens (tertiary/aromatic N) is 3. The van der Waals surface area contributed by atoms with Crippen LogP contribution in [-0.2, 0) is 0 Å². The van der Waals surface area contributed by atoms with Crippen molar-refractivity contribution in [3.8, 4) is 5.69 Å². The van der Waals surface area contributed by atoms with Gasteiger partial charge in [-0.1, -0.05) is 18.2 Å². The van der Waals surface area contributed by atoms with E-state index in [2.05, 4.69) is 15.4 Å². The van der Waals surface area contributed by atoms with Gasteiger partial charge in [-0.25, -0.2) is 9.67 Å². The largest absolute Gasteiger partial charge is 0.396 e. The lowest BCUT2D eigenvalue weighted by Crippen LogP contribution is -2.26. The molecule has 18 heavy (non-hydrogen) atoms. The van der Waals surface area contributed by atoms with Gasteiger partial charge in [0.1, 0.15) is 6.33 Å². The van der Waals surface area contributed by atoms with E-state index in [-0.39, 0.29) is 18.3 Å². The van der Waals surface area contributed by atoms with Gasteiger partial charge in [0.25, 0.3) is 5.91 Å². The van der Waals surface area contributed by atoms with Crippen LogP contribution in [0.5, 0.6) is 0 Å². The topological polar surface area (TPSA) is 80.0 Å². The zero-order valence-corrected chi connectivity index (χ0v) is 9.78. The highest BCUT2D eigenvalue weighted by Crippen LogP contribution is 2.04. The molecule has 0 radical (unpaired) electrons. The van der Waals surface area contributed by atoms with E-state index in [1.54, 1.807) is 4.68 Å². The fourth-order valence-corrected chi connectivity index (χ4v) is 1.43. The van der Waals surface area contributed by atoms with Crippen LogP contribution >= 0.6 is 0 Å². The SMILES string of the molecule is O=C(NCCCO)c1ncn(-c2ccccc2)n1. The Balaban J connectivity index is 2.04. The first-order valence-electron chi connectivity index (χ1n) is 5.67. The molecular formula is C12H14N4O2. The van der Waals surface area contributed by atoms with Crippen molar-refractivity contribution in [3.05, 3.63) is 42.5 Å². The zero-order valence-electron chi connectivity index (χ0n) is 9.78. The van der Waals surface area contributed by atoms with Crippen LogP contribution in [0.4, 0.5) is 0 Å². The predicted molar refractivity (Wildman–Crippen MR) is 65.4 cm³/mol. The lowest BCUT2D eigenvalue weighted by Gasteiger charge is -2.00. The standard InChI is InChI=1S/C12H14N4O2/c17-8-4-7-13-12(18)11-14-9-16(15-11)10-5-2-1-3-6-10/h1-3,5-6,9,17H,4,7-8H2,(H,13,18). The Hall–Kier alpha value is -2.21. The molecule has 0 spiro atoms. The normalized spacial score (nSPS) is 10.3. The zero-order chi connectivity index (χ0) is 12.8. The Kier molecular flexibility index (Phi) is 4.03. The molecule has 0 saturated carbocycles. The first kappa shape index (κ1) is 12.3. The summed E-state index contributed by atoms with van der Waals surface area (Å²) >= 11 is 0. The van der Waals surface area contributed by atoms with Gasteiger partial charge in [0.15, 0.2) is 0 Å². The Morgan fingerprint density at radius 3 is 2.83 bits per heavy atom. The number of carbonyl (C=O) groups is 1. The number of carbonyl (C=O) groups excluding carboxylic acids is 1. The highest BCUT2D eigenvalue weighted by Gasteiger charge is 2.10. The average Bonchev–Trinajstić information content (AvgIpc) is 2.89. The van der Waals surface area contributed by atoms with Gasteiger partial charge in [-0.15, -0.1) is 5.10 Å². The van der Waals surface area contributed by atoms with Crippen LogP contribution in [0.15, 0.2) is 36.7 Å². The molecule has 0 bridgehead atoms. The molecule has 1 amide bonds. The quantitative estimate of drug-likeness (QED) is 0.747. The molecule has 2 aromatic rings. The summed E-state index contributed by atoms with van der Waals surface area (Å²) in [5, 5.41) is 15.3. The van der Waals surface area contributed by atoms with Gasteiger partial charge >= 0.3 is 0 Å². The van der Waals surface area contributed by atoms with Gasteiger partial charge in [-0.05, 0) is 18.6 Å². The summed E-state index contributed by atoms with van der Waals surface area (Å²) in [6.45, 7) is 0.460. The molecular weight excluding hydrogens is 232 g/mol. The van der Waals surface area contributed by atoms with Crippen LogP contribution in [0, 0.1) is 0 Å². The minimum Gasteiger partial charge on any atom is -0.396 e. The number of rotatable bonds is 5. The number of amides is 1. The van der Waals surface area contributed by atoms with Crippen LogP contribution in [0.2, 0.25) is 0 Å². The molecule has 6 heteroatoms. The fraction of sp³-hybridized carbons (Fsp3) is 0.250. The van der Waals surface area contributed by atoms with E-state index < -0.39 is 0 Å². The summed E-state index contributed by atoms with van der Waals surface area (Å²) in [4.78, 5) is 15.6. The van der Waals surface area contributed by atoms with Crippen LogP contribution in [0.1, 0.15) is 17.0 Å². The number of aliphatic hydroxyl groups is 1. The van der Waals surface area contributed by atoms with Gasteiger partial charge in [-0.3, -0.25) is 4.79 Å². The van der Waals surface area contributed by atoms with Gasteiger partial charge in [-0.2, -0.15) is 0 Å². The van der Waals surface area contributed by atoms with Crippen molar-refractivity contribution in [3.63, 3.8) is 0 Å². The maximum Gasteiger partial charge on any atom is 0.290 e. The van der Waals surface area contributed by atoms with Crippen molar-refractivity contribution >= 4 is 5.91 Å². The van der Waals surface area contributed by atoms with Crippen LogP contribution < -0.4 is 5.32 Å². The van der Waals surface area contributed by atoms with Crippen molar-refractivity contribution in [1.82, 2.24) is 20.1 Å². The Morgan fingerprint density at radius 2 is 2.11 bits per heavy atom. The summed E-state index contributed by atoms with van der Waals surface area (Å²) in [5.74, 6) is -0.213. The lowest BCUT2D eigenvalue weighted by molar-refractivity contribution is 0.0941. The van der Waals surface area contributed by atoms with Gasteiger partial charge in [0, 0.05) is 13.2 Å². The molecule has 0 aliphatic carbocycles. The van der Waals surface area contributed by atoms with Crippen molar-refractivity contribution in [1.29, 1.82) is 0 Å². The third-order valence-corrected chi connectivity index (χ3v) is 2.34. The van der Waals surface area contributed by atoms with Crippen LogP contribution in [0.3, 0.4) is 0 Å². The molecule has 1 aromatic heterocycles. The molecule has 1 heterocycles. The second-order valence-corrected chi connectivity index (χ2v) is 3.68. The summed E-state index contributed by atoms with van der Waals surface area (Å²) in [6, 6.07) is 9.43. The molecule has 0 aliphatic heterocycles. The van der Waals surface area contributed by atoms with E-state index >= 15 is 0 Å². The Labute approximate surface area is 104 Å². The monoisotopic (exact) mass is 246 g/mol. The Bertz CT molecular complexity index is 510. The third-order valence-electron chi connectivity index (χ3n) is 2.34. The molecule has 2 N–H and O–H groups in total. The van der Waals surface area contributed by atoms with Crippen LogP contribution in [-0.4, -0.2) is 38.9 Å². The molecule has 0 aliphatic rings. The molecule has 6 nitrogen and oxygen atoms in total. The second-order valence-electron chi connectivity index (χ2n) is 3.68. The summed E-state index contributed by atoms with van der Waals surface area (Å²) in [6.07, 6.45) is 2.02. The fourth-order valence-electron chi connectivity index (χ4n) is 1.43. The Morgan fingerprint density at radius 1 is 1.33 bits per heavy atom. The number of para-hydroxylation sites is 1. The minimum absolute atomic E-state index is 0.0478. The number of hydrogen-bond acceptors (Lipinski definition) is 4. The highest BCUT2D eigenvalue weighted by atomic mass is 16.3. The number of nitrogens with one attached hydrogen (secondary N) is 1. The summed E-state index contributed by atoms with van der Waals surface area (Å²) in [7, 11) is 0. The molecule has 0 atom stereocenters. The smallest absolute Gasteiger partial charge is 0.290 e. The molecule has 1 aromatic carbocycles. The number of aliphatic hydroxyl groups excluding tert-OH is 1. The molecule has 2 rings (SSSR count). The van der Waals surface area contributed by atoms with Gasteiger partial charge < -0.3 is 10.4 Å². The van der Waals surface area contributed by atoms with Crippen LogP contribution in [0.25, 0.3) is 5.69 Å². The van der Waals surface area contributed by atoms with E-state index in [9.17, 15) is 4.79 Å². The predicted octanol–water partition coefficient (Wildman–Crippen LogP) is 0.379. The molecule has 0 unspecified atom stereocenters. The number of aromatic nitrogens is 3. The summed E-state index contributed by atoms with van der Waals surface area (Å²) < 4.78 is 1.54. The van der Waals surface area contributed by atoms with E-state index in [1.807, 2.05) is 30.3 Å². The van der Waals surface area contributed by atoms with E-state index in [0.29, 0.717) is 13.0 Å². The van der Waals surface area contributed by atoms with Crippen molar-refractivity contribution in [2.24, 2.45) is 0 Å². The minimum atomic E-state index is -0.335. The number of hydrogen-bond donors (Lipinski definition) is 2. The lowest BCUT2D eigenvalue weighted by atomic mass is 10.3. The maximum absolute atomic E-state index is 11.6. The molecule has 0 saturated heterocycles. The van der Waals surface area contributed by atoms with E-state index in [1.165, 1.54) is 6.33 Å². The number of benzene rings is 1. The van der Waals surface area contributed by atoms with E-state index in [0.717, 1.165) is 5.69 Å². The summed E-state index contributed by atoms with van der Waals surface area (Å²) in [5.41, 5.74) is 0.847. The van der Waals surface area contributed by atoms with Crippen molar-refractivity contribution < 1.29 is 9.90 Å². The third kappa shape index (κ3) is 2.92. The van der Waals surface area contributed by atoms with Crippen molar-refractivity contribution in [2.45, 2.75) is 6.42 Å². The van der Waals surface area contributed by atoms with Crippen molar-refractivity contribution in [2.75, 3.05) is 13.2 Å². The maximum atomic E-state index is 11.6. The molecule has 0 fully saturated rings. The highest BCUT2D eigenvalue weighted by molar-refractivity contribution is 5.90. The van der Waals surface area contributed by atoms with Gasteiger partial charge in [0.2, 0.25) is 5.82 Å². The second kappa shape index (κ2) is 5.92.